The molecular weight excluding hydrogens is 140 g/mol. The van der Waals surface area contributed by atoms with Crippen molar-refractivity contribution in [1.82, 2.24) is 4.90 Å². The maximum absolute atomic E-state index is 10.9. The number of likely N-dealkylation sites (N-methyl/N-ethyl adjacent to an activating group) is 1. The van der Waals surface area contributed by atoms with Gasteiger partial charge in [0.2, 0.25) is 5.91 Å². The molecule has 2 N–H and O–H groups in total. The quantitative estimate of drug-likeness (QED) is 0.617. The molecule has 1 rings (SSSR count). The third-order valence-electron chi connectivity index (χ3n) is 2.13. The standard InChI is InChI=1S/C8H15N2O/c1-2-10-6-4-3-5-7(10)8(9)11/h5,7H,2-4,6H2,1H3,(H2,9,11)/t7-/m0/s1. The van der Waals surface area contributed by atoms with Crippen LogP contribution in [0.3, 0.4) is 0 Å². The first kappa shape index (κ1) is 8.53. The lowest BCUT2D eigenvalue weighted by atomic mass is 10.0. The van der Waals surface area contributed by atoms with E-state index in [9.17, 15) is 4.79 Å². The van der Waals surface area contributed by atoms with Gasteiger partial charge in [-0.15, -0.1) is 0 Å². The maximum Gasteiger partial charge on any atom is 0.235 e. The molecule has 63 valence electrons. The molecule has 0 spiro atoms. The average Bonchev–Trinajstić information content (AvgIpc) is 2.04. The molecule has 0 aliphatic carbocycles. The molecule has 3 nitrogen and oxygen atoms in total. The highest BCUT2D eigenvalue weighted by molar-refractivity contribution is 5.81. The summed E-state index contributed by atoms with van der Waals surface area (Å²) < 4.78 is 0. The smallest absolute Gasteiger partial charge is 0.235 e. The third-order valence-corrected chi connectivity index (χ3v) is 2.13. The molecule has 0 aromatic carbocycles. The van der Waals surface area contributed by atoms with Crippen molar-refractivity contribution in [1.29, 1.82) is 0 Å². The highest BCUT2D eigenvalue weighted by Gasteiger charge is 2.25. The molecule has 1 amide bonds. The molecule has 1 radical (unpaired) electrons. The highest BCUT2D eigenvalue weighted by atomic mass is 16.1. The molecule has 1 fully saturated rings. The van der Waals surface area contributed by atoms with Gasteiger partial charge in [0, 0.05) is 0 Å². The van der Waals surface area contributed by atoms with E-state index >= 15 is 0 Å². The number of carbonyl (C=O) groups excluding carboxylic acids is 1. The van der Waals surface area contributed by atoms with E-state index in [0.717, 1.165) is 25.9 Å². The largest absolute Gasteiger partial charge is 0.368 e. The van der Waals surface area contributed by atoms with Crippen molar-refractivity contribution in [2.24, 2.45) is 5.73 Å². The van der Waals surface area contributed by atoms with Crippen molar-refractivity contribution in [3.63, 3.8) is 0 Å². The Morgan fingerprint density at radius 2 is 2.55 bits per heavy atom. The van der Waals surface area contributed by atoms with Crippen LogP contribution in [0.15, 0.2) is 0 Å². The van der Waals surface area contributed by atoms with Crippen molar-refractivity contribution >= 4 is 5.91 Å². The van der Waals surface area contributed by atoms with Gasteiger partial charge < -0.3 is 5.73 Å². The first-order chi connectivity index (χ1) is 5.25. The SMILES string of the molecule is CCN1CCC[CH][C@H]1C(N)=O. The summed E-state index contributed by atoms with van der Waals surface area (Å²) in [6.45, 7) is 3.96. The Kier molecular flexibility index (Phi) is 2.88. The molecule has 0 aromatic heterocycles. The fraction of sp³-hybridized carbons (Fsp3) is 0.750. The van der Waals surface area contributed by atoms with Gasteiger partial charge in [-0.2, -0.15) is 0 Å². The van der Waals surface area contributed by atoms with Gasteiger partial charge >= 0.3 is 0 Å². The summed E-state index contributed by atoms with van der Waals surface area (Å²) in [5.41, 5.74) is 5.22. The fourth-order valence-corrected chi connectivity index (χ4v) is 1.51. The third kappa shape index (κ3) is 1.93. The Balaban J connectivity index is 2.51. The van der Waals surface area contributed by atoms with Crippen molar-refractivity contribution in [2.45, 2.75) is 25.8 Å². The van der Waals surface area contributed by atoms with E-state index in [1.165, 1.54) is 0 Å². The zero-order chi connectivity index (χ0) is 8.27. The normalized spacial score (nSPS) is 26.8. The first-order valence-electron chi connectivity index (χ1n) is 4.12. The van der Waals surface area contributed by atoms with Gasteiger partial charge in [-0.05, 0) is 32.4 Å². The number of likely N-dealkylation sites (tertiary alicyclic amines) is 1. The second-order valence-corrected chi connectivity index (χ2v) is 2.85. The maximum atomic E-state index is 10.9. The zero-order valence-electron chi connectivity index (χ0n) is 6.92. The van der Waals surface area contributed by atoms with Gasteiger partial charge in [-0.1, -0.05) is 6.92 Å². The molecule has 0 saturated carbocycles. The summed E-state index contributed by atoms with van der Waals surface area (Å²) in [5, 5.41) is 0. The van der Waals surface area contributed by atoms with E-state index in [1.54, 1.807) is 0 Å². The number of primary amides is 1. The number of hydrogen-bond acceptors (Lipinski definition) is 2. The van der Waals surface area contributed by atoms with Gasteiger partial charge in [0.25, 0.3) is 0 Å². The summed E-state index contributed by atoms with van der Waals surface area (Å²) in [5.74, 6) is -0.216. The minimum atomic E-state index is -0.216. The Labute approximate surface area is 67.5 Å². The fourth-order valence-electron chi connectivity index (χ4n) is 1.51. The van der Waals surface area contributed by atoms with Crippen LogP contribution in [-0.2, 0) is 4.79 Å². The Hall–Kier alpha value is -0.570. The summed E-state index contributed by atoms with van der Waals surface area (Å²) >= 11 is 0. The molecular formula is C8H15N2O. The van der Waals surface area contributed by atoms with Crippen LogP contribution in [0.1, 0.15) is 19.8 Å². The molecule has 1 heterocycles. The summed E-state index contributed by atoms with van der Waals surface area (Å²) in [6, 6.07) is -0.117. The minimum Gasteiger partial charge on any atom is -0.368 e. The molecule has 1 saturated heterocycles. The lowest BCUT2D eigenvalue weighted by Crippen LogP contribution is -2.47. The van der Waals surface area contributed by atoms with Crippen LogP contribution in [0.2, 0.25) is 0 Å². The van der Waals surface area contributed by atoms with Crippen LogP contribution in [0, 0.1) is 6.42 Å². The van der Waals surface area contributed by atoms with Crippen LogP contribution >= 0.6 is 0 Å². The molecule has 0 bridgehead atoms. The van der Waals surface area contributed by atoms with Crippen LogP contribution in [-0.4, -0.2) is 29.9 Å². The predicted molar refractivity (Wildman–Crippen MR) is 43.8 cm³/mol. The molecule has 0 aromatic rings. The highest BCUT2D eigenvalue weighted by Crippen LogP contribution is 2.14. The molecule has 1 aliphatic heterocycles. The second kappa shape index (κ2) is 3.72. The number of rotatable bonds is 2. The van der Waals surface area contributed by atoms with E-state index in [1.807, 2.05) is 6.42 Å². The Bertz CT molecular complexity index is 147. The number of nitrogens with zero attached hydrogens (tertiary/aromatic N) is 1. The lowest BCUT2D eigenvalue weighted by molar-refractivity contribution is -0.122. The van der Waals surface area contributed by atoms with Gasteiger partial charge in [0.05, 0.1) is 6.04 Å². The first-order valence-corrected chi connectivity index (χ1v) is 4.12. The predicted octanol–water partition coefficient (Wildman–Crippen LogP) is 0.160. The second-order valence-electron chi connectivity index (χ2n) is 2.85. The van der Waals surface area contributed by atoms with Gasteiger partial charge in [-0.25, -0.2) is 0 Å². The van der Waals surface area contributed by atoms with E-state index < -0.39 is 0 Å². The van der Waals surface area contributed by atoms with Crippen LogP contribution in [0.25, 0.3) is 0 Å². The topological polar surface area (TPSA) is 46.3 Å². The van der Waals surface area contributed by atoms with E-state index in [0.29, 0.717) is 0 Å². The van der Waals surface area contributed by atoms with Crippen molar-refractivity contribution in [3.05, 3.63) is 6.42 Å². The molecule has 1 aliphatic rings. The van der Waals surface area contributed by atoms with Crippen molar-refractivity contribution in [3.8, 4) is 0 Å². The summed E-state index contributed by atoms with van der Waals surface area (Å²) in [4.78, 5) is 13.0. The van der Waals surface area contributed by atoms with Crippen molar-refractivity contribution in [2.75, 3.05) is 13.1 Å². The zero-order valence-corrected chi connectivity index (χ0v) is 6.92. The van der Waals surface area contributed by atoms with Gasteiger partial charge in [0.1, 0.15) is 0 Å². The summed E-state index contributed by atoms with van der Waals surface area (Å²) in [7, 11) is 0. The average molecular weight is 155 g/mol. The Morgan fingerprint density at radius 1 is 1.82 bits per heavy atom. The van der Waals surface area contributed by atoms with Crippen LogP contribution < -0.4 is 5.73 Å². The van der Waals surface area contributed by atoms with Crippen molar-refractivity contribution < 1.29 is 4.79 Å². The molecule has 11 heavy (non-hydrogen) atoms. The van der Waals surface area contributed by atoms with E-state index in [4.69, 9.17) is 5.73 Å². The van der Waals surface area contributed by atoms with Gasteiger partial charge in [0.15, 0.2) is 0 Å². The molecule has 0 unspecified atom stereocenters. The number of carbonyl (C=O) groups is 1. The lowest BCUT2D eigenvalue weighted by Gasteiger charge is -2.32. The van der Waals surface area contributed by atoms with E-state index in [2.05, 4.69) is 11.8 Å². The van der Waals surface area contributed by atoms with E-state index in [-0.39, 0.29) is 11.9 Å². The minimum absolute atomic E-state index is 0.117. The number of piperidine rings is 1. The number of hydrogen-bond donors (Lipinski definition) is 1. The molecule has 1 atom stereocenters. The number of nitrogens with two attached hydrogens (primary N) is 1. The monoisotopic (exact) mass is 155 g/mol. The molecule has 3 heteroatoms. The van der Waals surface area contributed by atoms with Crippen LogP contribution in [0.4, 0.5) is 0 Å². The number of amides is 1. The Morgan fingerprint density at radius 3 is 3.00 bits per heavy atom. The summed E-state index contributed by atoms with van der Waals surface area (Å²) in [6.07, 6.45) is 4.18. The van der Waals surface area contributed by atoms with Crippen LogP contribution in [0.5, 0.6) is 0 Å². The van der Waals surface area contributed by atoms with Gasteiger partial charge in [-0.3, -0.25) is 9.69 Å².